The summed E-state index contributed by atoms with van der Waals surface area (Å²) >= 11 is 5.78. The third-order valence-corrected chi connectivity index (χ3v) is 2.65. The smallest absolute Gasteiger partial charge is 0.223 e. The van der Waals surface area contributed by atoms with E-state index < -0.39 is 0 Å². The van der Waals surface area contributed by atoms with Crippen molar-refractivity contribution < 1.29 is 5.11 Å². The van der Waals surface area contributed by atoms with Crippen LogP contribution in [0.3, 0.4) is 0 Å². The fourth-order valence-corrected chi connectivity index (χ4v) is 1.79. The number of rotatable bonds is 4. The van der Waals surface area contributed by atoms with Crippen LogP contribution in [0.4, 0.5) is 11.8 Å². The Hall–Kier alpha value is -1.85. The second-order valence-electron chi connectivity index (χ2n) is 3.71. The van der Waals surface area contributed by atoms with E-state index in [0.717, 1.165) is 11.1 Å². The maximum Gasteiger partial charge on any atom is 0.223 e. The molecule has 2 aromatic rings. The van der Waals surface area contributed by atoms with E-state index in [4.69, 9.17) is 17.3 Å². The quantitative estimate of drug-likeness (QED) is 0.734. The second kappa shape index (κ2) is 5.66. The highest BCUT2D eigenvalue weighted by atomic mass is 35.5. The number of nitrogen functional groups attached to an aromatic ring is 1. The van der Waals surface area contributed by atoms with Gasteiger partial charge in [0.1, 0.15) is 11.0 Å². The number of nitrogens with zero attached hydrogens (tertiary/aromatic N) is 2. The standard InChI is InChI=1S/C12H13ClN4O/c13-10-5-11(17-12(14)16-10)15-6-8-3-1-2-4-9(8)7-18/h1-5,18H,6-7H2,(H3,14,15,16,17). The molecule has 0 unspecified atom stereocenters. The summed E-state index contributed by atoms with van der Waals surface area (Å²) in [7, 11) is 0. The number of aliphatic hydroxyl groups excluding tert-OH is 1. The van der Waals surface area contributed by atoms with Crippen LogP contribution in [-0.2, 0) is 13.2 Å². The maximum absolute atomic E-state index is 9.21. The van der Waals surface area contributed by atoms with E-state index >= 15 is 0 Å². The summed E-state index contributed by atoms with van der Waals surface area (Å²) in [5.74, 6) is 0.681. The van der Waals surface area contributed by atoms with Gasteiger partial charge < -0.3 is 16.2 Å². The van der Waals surface area contributed by atoms with E-state index in [0.29, 0.717) is 17.5 Å². The summed E-state index contributed by atoms with van der Waals surface area (Å²) in [6.07, 6.45) is 0. The minimum Gasteiger partial charge on any atom is -0.392 e. The van der Waals surface area contributed by atoms with Gasteiger partial charge in [0.05, 0.1) is 6.61 Å². The van der Waals surface area contributed by atoms with Gasteiger partial charge in [0.15, 0.2) is 0 Å². The highest BCUT2D eigenvalue weighted by molar-refractivity contribution is 6.29. The molecule has 0 radical (unpaired) electrons. The van der Waals surface area contributed by atoms with Crippen molar-refractivity contribution in [2.24, 2.45) is 0 Å². The van der Waals surface area contributed by atoms with Crippen molar-refractivity contribution >= 4 is 23.4 Å². The molecule has 0 atom stereocenters. The van der Waals surface area contributed by atoms with Gasteiger partial charge in [-0.3, -0.25) is 0 Å². The molecule has 0 aliphatic rings. The van der Waals surface area contributed by atoms with Crippen LogP contribution < -0.4 is 11.1 Å². The zero-order chi connectivity index (χ0) is 13.0. The predicted molar refractivity (Wildman–Crippen MR) is 71.1 cm³/mol. The first-order chi connectivity index (χ1) is 8.69. The number of nitrogens with one attached hydrogen (secondary N) is 1. The lowest BCUT2D eigenvalue weighted by Gasteiger charge is -2.09. The number of benzene rings is 1. The monoisotopic (exact) mass is 264 g/mol. The first-order valence-corrected chi connectivity index (χ1v) is 5.78. The average molecular weight is 265 g/mol. The topological polar surface area (TPSA) is 84.1 Å². The maximum atomic E-state index is 9.21. The molecule has 1 aromatic carbocycles. The van der Waals surface area contributed by atoms with E-state index in [1.165, 1.54) is 0 Å². The SMILES string of the molecule is Nc1nc(Cl)cc(NCc2ccccc2CO)n1. The van der Waals surface area contributed by atoms with Gasteiger partial charge in [-0.25, -0.2) is 4.98 Å². The van der Waals surface area contributed by atoms with Crippen molar-refractivity contribution in [2.45, 2.75) is 13.2 Å². The van der Waals surface area contributed by atoms with Gasteiger partial charge >= 0.3 is 0 Å². The molecule has 0 spiro atoms. The lowest BCUT2D eigenvalue weighted by molar-refractivity contribution is 0.280. The Bertz CT molecular complexity index is 527. The molecular weight excluding hydrogens is 252 g/mol. The molecule has 4 N–H and O–H groups in total. The Labute approximate surface area is 110 Å². The largest absolute Gasteiger partial charge is 0.392 e. The zero-order valence-corrected chi connectivity index (χ0v) is 10.4. The van der Waals surface area contributed by atoms with Crippen molar-refractivity contribution in [3.8, 4) is 0 Å². The van der Waals surface area contributed by atoms with Crippen LogP contribution in [0.5, 0.6) is 0 Å². The molecule has 5 nitrogen and oxygen atoms in total. The van der Waals surface area contributed by atoms with Gasteiger partial charge in [0.2, 0.25) is 5.95 Å². The highest BCUT2D eigenvalue weighted by Gasteiger charge is 2.03. The summed E-state index contributed by atoms with van der Waals surface area (Å²) in [5, 5.41) is 12.6. The molecule has 6 heteroatoms. The number of aromatic nitrogens is 2. The third-order valence-electron chi connectivity index (χ3n) is 2.46. The molecule has 0 aliphatic carbocycles. The van der Waals surface area contributed by atoms with Crippen molar-refractivity contribution in [3.05, 3.63) is 46.6 Å². The fourth-order valence-electron chi connectivity index (χ4n) is 1.60. The molecule has 1 heterocycles. The Balaban J connectivity index is 2.11. The number of halogens is 1. The van der Waals surface area contributed by atoms with Crippen LogP contribution in [0.15, 0.2) is 30.3 Å². The Morgan fingerprint density at radius 2 is 1.94 bits per heavy atom. The first-order valence-electron chi connectivity index (χ1n) is 5.40. The lowest BCUT2D eigenvalue weighted by Crippen LogP contribution is -2.06. The zero-order valence-electron chi connectivity index (χ0n) is 9.60. The van der Waals surface area contributed by atoms with Gasteiger partial charge in [-0.15, -0.1) is 0 Å². The van der Waals surface area contributed by atoms with E-state index in [1.54, 1.807) is 6.07 Å². The molecule has 0 bridgehead atoms. The molecular formula is C12H13ClN4O. The number of anilines is 2. The van der Waals surface area contributed by atoms with Crippen LogP contribution in [0.25, 0.3) is 0 Å². The van der Waals surface area contributed by atoms with Gasteiger partial charge in [-0.2, -0.15) is 4.98 Å². The Morgan fingerprint density at radius 3 is 2.61 bits per heavy atom. The molecule has 0 saturated heterocycles. The molecule has 0 aliphatic heterocycles. The second-order valence-corrected chi connectivity index (χ2v) is 4.10. The number of hydrogen-bond acceptors (Lipinski definition) is 5. The van der Waals surface area contributed by atoms with E-state index in [2.05, 4.69) is 15.3 Å². The van der Waals surface area contributed by atoms with Crippen LogP contribution in [-0.4, -0.2) is 15.1 Å². The summed E-state index contributed by atoms with van der Waals surface area (Å²) in [5.41, 5.74) is 7.36. The summed E-state index contributed by atoms with van der Waals surface area (Å²) < 4.78 is 0. The molecule has 94 valence electrons. The van der Waals surface area contributed by atoms with Crippen molar-refractivity contribution in [1.82, 2.24) is 9.97 Å². The number of hydrogen-bond donors (Lipinski definition) is 3. The molecule has 0 fully saturated rings. The number of nitrogens with two attached hydrogens (primary N) is 1. The normalized spacial score (nSPS) is 10.3. The van der Waals surface area contributed by atoms with Gasteiger partial charge in [0, 0.05) is 12.6 Å². The van der Waals surface area contributed by atoms with Crippen LogP contribution in [0.2, 0.25) is 5.15 Å². The minimum atomic E-state index is 0.00449. The number of aliphatic hydroxyl groups is 1. The molecule has 18 heavy (non-hydrogen) atoms. The minimum absolute atomic E-state index is 0.00449. The average Bonchev–Trinajstić information content (AvgIpc) is 2.35. The van der Waals surface area contributed by atoms with Crippen LogP contribution >= 0.6 is 11.6 Å². The molecule has 1 aromatic heterocycles. The Morgan fingerprint density at radius 1 is 1.22 bits per heavy atom. The fraction of sp³-hybridized carbons (Fsp3) is 0.167. The Kier molecular flexibility index (Phi) is 3.96. The van der Waals surface area contributed by atoms with Crippen molar-refractivity contribution in [2.75, 3.05) is 11.1 Å². The van der Waals surface area contributed by atoms with Gasteiger partial charge in [-0.1, -0.05) is 35.9 Å². The van der Waals surface area contributed by atoms with Crippen molar-refractivity contribution in [3.63, 3.8) is 0 Å². The lowest BCUT2D eigenvalue weighted by atomic mass is 10.1. The van der Waals surface area contributed by atoms with Gasteiger partial charge in [-0.05, 0) is 11.1 Å². The summed E-state index contributed by atoms with van der Waals surface area (Å²) in [4.78, 5) is 7.79. The van der Waals surface area contributed by atoms with Crippen molar-refractivity contribution in [1.29, 1.82) is 0 Å². The van der Waals surface area contributed by atoms with Crippen LogP contribution in [0.1, 0.15) is 11.1 Å². The third kappa shape index (κ3) is 3.09. The molecule has 0 saturated carbocycles. The molecule has 2 rings (SSSR count). The highest BCUT2D eigenvalue weighted by Crippen LogP contribution is 2.15. The van der Waals surface area contributed by atoms with E-state index in [-0.39, 0.29) is 12.6 Å². The summed E-state index contributed by atoms with van der Waals surface area (Å²) in [6, 6.07) is 9.20. The predicted octanol–water partition coefficient (Wildman–Crippen LogP) is 1.82. The van der Waals surface area contributed by atoms with Crippen LogP contribution in [0, 0.1) is 0 Å². The van der Waals surface area contributed by atoms with E-state index in [9.17, 15) is 5.11 Å². The summed E-state index contributed by atoms with van der Waals surface area (Å²) in [6.45, 7) is 0.536. The molecule has 0 amide bonds. The van der Waals surface area contributed by atoms with Gasteiger partial charge in [0.25, 0.3) is 0 Å². The van der Waals surface area contributed by atoms with E-state index in [1.807, 2.05) is 24.3 Å². The first kappa shape index (κ1) is 12.6.